The molecule has 3 atom stereocenters. The van der Waals surface area contributed by atoms with Crippen LogP contribution in [0.3, 0.4) is 0 Å². The Morgan fingerprint density at radius 3 is 2.46 bits per heavy atom. The Balaban J connectivity index is 1.93. The molecule has 1 fully saturated rings. The lowest BCUT2D eigenvalue weighted by atomic mass is 9.99. The molecule has 1 amide bonds. The van der Waals surface area contributed by atoms with E-state index in [1.54, 1.807) is 4.90 Å². The third kappa shape index (κ3) is 4.73. The second kappa shape index (κ2) is 7.56. The summed E-state index contributed by atoms with van der Waals surface area (Å²) in [7, 11) is 1.85. The fourth-order valence-electron chi connectivity index (χ4n) is 3.32. The summed E-state index contributed by atoms with van der Waals surface area (Å²) >= 11 is 0. The van der Waals surface area contributed by atoms with Crippen molar-refractivity contribution in [2.45, 2.75) is 58.7 Å². The summed E-state index contributed by atoms with van der Waals surface area (Å²) in [5, 5.41) is 0. The van der Waals surface area contributed by atoms with Gasteiger partial charge in [0.1, 0.15) is 5.60 Å². The number of amides is 1. The predicted octanol–water partition coefficient (Wildman–Crippen LogP) is 4.32. The van der Waals surface area contributed by atoms with E-state index < -0.39 is 5.60 Å². The molecule has 0 bridgehead atoms. The molecule has 134 valence electrons. The lowest BCUT2D eigenvalue weighted by Crippen LogP contribution is -2.43. The average molecular weight is 332 g/mol. The molecule has 1 aliphatic rings. The van der Waals surface area contributed by atoms with Crippen LogP contribution >= 0.6 is 0 Å². The molecular formula is C20H32N2O2. The monoisotopic (exact) mass is 332 g/mol. The third-order valence-electron chi connectivity index (χ3n) is 5.06. The first kappa shape index (κ1) is 18.8. The maximum atomic E-state index is 12.3. The Labute approximate surface area is 146 Å². The van der Waals surface area contributed by atoms with Gasteiger partial charge in [-0.3, -0.25) is 4.90 Å². The van der Waals surface area contributed by atoms with Gasteiger partial charge in [0.25, 0.3) is 0 Å². The smallest absolute Gasteiger partial charge is 0.410 e. The van der Waals surface area contributed by atoms with Crippen LogP contribution in [0.4, 0.5) is 4.79 Å². The molecule has 0 aromatic heterocycles. The van der Waals surface area contributed by atoms with Crippen LogP contribution in [0.2, 0.25) is 0 Å². The van der Waals surface area contributed by atoms with Gasteiger partial charge in [-0.25, -0.2) is 4.79 Å². The second-order valence-electron chi connectivity index (χ2n) is 7.96. The van der Waals surface area contributed by atoms with E-state index in [9.17, 15) is 4.79 Å². The van der Waals surface area contributed by atoms with Gasteiger partial charge in [0.05, 0.1) is 0 Å². The highest BCUT2D eigenvalue weighted by atomic mass is 16.6. The minimum Gasteiger partial charge on any atom is -0.444 e. The van der Waals surface area contributed by atoms with Crippen molar-refractivity contribution in [2.75, 3.05) is 20.1 Å². The predicted molar refractivity (Wildman–Crippen MR) is 98.0 cm³/mol. The summed E-state index contributed by atoms with van der Waals surface area (Å²) in [6, 6.07) is 11.2. The average Bonchev–Trinajstić information content (AvgIpc) is 3.01. The summed E-state index contributed by atoms with van der Waals surface area (Å²) in [6.07, 6.45) is 0.885. The minimum atomic E-state index is -0.450. The third-order valence-corrected chi connectivity index (χ3v) is 5.06. The molecule has 1 aromatic carbocycles. The van der Waals surface area contributed by atoms with E-state index in [-0.39, 0.29) is 12.1 Å². The fraction of sp³-hybridized carbons (Fsp3) is 0.650. The molecule has 1 heterocycles. The van der Waals surface area contributed by atoms with Crippen LogP contribution in [0.1, 0.15) is 52.6 Å². The molecule has 0 aliphatic carbocycles. The Kier molecular flexibility index (Phi) is 5.92. The maximum Gasteiger partial charge on any atom is 0.410 e. The van der Waals surface area contributed by atoms with Crippen molar-refractivity contribution >= 4 is 6.09 Å². The highest BCUT2D eigenvalue weighted by Crippen LogP contribution is 2.30. The van der Waals surface area contributed by atoms with Gasteiger partial charge in [0, 0.05) is 25.7 Å². The first-order chi connectivity index (χ1) is 11.2. The van der Waals surface area contributed by atoms with Crippen LogP contribution in [-0.2, 0) is 4.74 Å². The molecule has 1 aromatic rings. The van der Waals surface area contributed by atoms with Crippen molar-refractivity contribution in [3.63, 3.8) is 0 Å². The number of nitrogens with zero attached hydrogens (tertiary/aromatic N) is 2. The van der Waals surface area contributed by atoms with Crippen LogP contribution in [-0.4, -0.2) is 47.7 Å². The van der Waals surface area contributed by atoms with Gasteiger partial charge >= 0.3 is 6.09 Å². The first-order valence-electron chi connectivity index (χ1n) is 8.94. The van der Waals surface area contributed by atoms with E-state index in [0.29, 0.717) is 12.0 Å². The van der Waals surface area contributed by atoms with Crippen LogP contribution in [0.5, 0.6) is 0 Å². The summed E-state index contributed by atoms with van der Waals surface area (Å²) in [5.74, 6) is 0.480. The normalized spacial score (nSPS) is 21.3. The summed E-state index contributed by atoms with van der Waals surface area (Å²) in [4.78, 5) is 16.6. The number of ether oxygens (including phenoxy) is 1. The van der Waals surface area contributed by atoms with E-state index >= 15 is 0 Å². The van der Waals surface area contributed by atoms with Gasteiger partial charge in [-0.2, -0.15) is 0 Å². The number of hydrogen-bond acceptors (Lipinski definition) is 3. The van der Waals surface area contributed by atoms with Crippen LogP contribution in [0.15, 0.2) is 30.3 Å². The van der Waals surface area contributed by atoms with E-state index in [1.807, 2.05) is 27.8 Å². The SMILES string of the molecule is CC(c1ccccc1)N1CCC(C(C)N(C)C(=O)OC(C)(C)C)C1. The number of carbonyl (C=O) groups excluding carboxylic acids is 1. The van der Waals surface area contributed by atoms with Crippen molar-refractivity contribution in [3.05, 3.63) is 35.9 Å². The molecule has 0 N–H and O–H groups in total. The first-order valence-corrected chi connectivity index (χ1v) is 8.94. The lowest BCUT2D eigenvalue weighted by Gasteiger charge is -2.32. The number of benzene rings is 1. The molecule has 0 radical (unpaired) electrons. The van der Waals surface area contributed by atoms with E-state index in [2.05, 4.69) is 49.1 Å². The van der Waals surface area contributed by atoms with Gasteiger partial charge in [-0.15, -0.1) is 0 Å². The molecule has 4 heteroatoms. The van der Waals surface area contributed by atoms with Crippen molar-refractivity contribution in [1.82, 2.24) is 9.80 Å². The quantitative estimate of drug-likeness (QED) is 0.823. The highest BCUT2D eigenvalue weighted by molar-refractivity contribution is 5.68. The summed E-state index contributed by atoms with van der Waals surface area (Å²) in [5.41, 5.74) is 0.903. The van der Waals surface area contributed by atoms with Gasteiger partial charge in [0.2, 0.25) is 0 Å². The second-order valence-corrected chi connectivity index (χ2v) is 7.96. The number of hydrogen-bond donors (Lipinski definition) is 0. The van der Waals surface area contributed by atoms with E-state index in [4.69, 9.17) is 4.74 Å². The van der Waals surface area contributed by atoms with Gasteiger partial charge in [-0.1, -0.05) is 30.3 Å². The molecular weight excluding hydrogens is 300 g/mol. The Morgan fingerprint density at radius 2 is 1.88 bits per heavy atom. The van der Waals surface area contributed by atoms with Crippen LogP contribution < -0.4 is 0 Å². The lowest BCUT2D eigenvalue weighted by molar-refractivity contribution is 0.0185. The van der Waals surface area contributed by atoms with Gasteiger partial charge in [-0.05, 0) is 59.1 Å². The largest absolute Gasteiger partial charge is 0.444 e. The number of likely N-dealkylation sites (tertiary alicyclic amines) is 1. The van der Waals surface area contributed by atoms with E-state index in [1.165, 1.54) is 5.56 Å². The van der Waals surface area contributed by atoms with Crippen molar-refractivity contribution in [2.24, 2.45) is 5.92 Å². The number of carbonyl (C=O) groups is 1. The molecule has 4 nitrogen and oxygen atoms in total. The minimum absolute atomic E-state index is 0.174. The standard InChI is InChI=1S/C20H32N2O2/c1-15(21(6)19(23)24-20(3,4)5)18-12-13-22(14-18)16(2)17-10-8-7-9-11-17/h7-11,15-16,18H,12-14H2,1-6H3. The molecule has 1 saturated heterocycles. The zero-order valence-corrected chi connectivity index (χ0v) is 16.0. The molecule has 0 saturated carbocycles. The molecule has 24 heavy (non-hydrogen) atoms. The Hall–Kier alpha value is -1.55. The summed E-state index contributed by atoms with van der Waals surface area (Å²) < 4.78 is 5.50. The Morgan fingerprint density at radius 1 is 1.25 bits per heavy atom. The van der Waals surface area contributed by atoms with Gasteiger partial charge in [0.15, 0.2) is 0 Å². The maximum absolute atomic E-state index is 12.3. The molecule has 0 spiro atoms. The molecule has 3 unspecified atom stereocenters. The van der Waals surface area contributed by atoms with Crippen molar-refractivity contribution in [1.29, 1.82) is 0 Å². The van der Waals surface area contributed by atoms with Crippen LogP contribution in [0, 0.1) is 5.92 Å². The van der Waals surface area contributed by atoms with Crippen molar-refractivity contribution in [3.8, 4) is 0 Å². The fourth-order valence-corrected chi connectivity index (χ4v) is 3.32. The highest BCUT2D eigenvalue weighted by Gasteiger charge is 2.34. The van der Waals surface area contributed by atoms with Crippen molar-refractivity contribution < 1.29 is 9.53 Å². The number of rotatable bonds is 4. The molecule has 2 rings (SSSR count). The van der Waals surface area contributed by atoms with Gasteiger partial charge < -0.3 is 9.64 Å². The van der Waals surface area contributed by atoms with Crippen LogP contribution in [0.25, 0.3) is 0 Å². The zero-order valence-electron chi connectivity index (χ0n) is 16.0. The topological polar surface area (TPSA) is 32.8 Å². The summed E-state index contributed by atoms with van der Waals surface area (Å²) in [6.45, 7) is 12.2. The molecule has 1 aliphatic heterocycles. The Bertz CT molecular complexity index is 538. The zero-order chi connectivity index (χ0) is 17.9. The van der Waals surface area contributed by atoms with E-state index in [0.717, 1.165) is 19.5 Å².